The Kier molecular flexibility index (Phi) is 6.27. The summed E-state index contributed by atoms with van der Waals surface area (Å²) in [4.78, 5) is 30.6. The molecule has 0 spiro atoms. The van der Waals surface area contributed by atoms with E-state index >= 15 is 0 Å². The lowest BCUT2D eigenvalue weighted by molar-refractivity contribution is 0.315. The number of nitrogens with one attached hydrogen (secondary N) is 2. The summed E-state index contributed by atoms with van der Waals surface area (Å²) in [5.41, 5.74) is 11.2. The Balaban J connectivity index is 1.53. The zero-order chi connectivity index (χ0) is 24.2. The largest absolute Gasteiger partial charge is 0.475 e. The minimum absolute atomic E-state index is 0.381. The molecule has 0 radical (unpaired) electrons. The fourth-order valence-corrected chi connectivity index (χ4v) is 3.69. The van der Waals surface area contributed by atoms with Crippen LogP contribution in [0.25, 0.3) is 33.7 Å². The van der Waals surface area contributed by atoms with Crippen LogP contribution in [0.4, 0.5) is 5.82 Å². The molecule has 0 saturated carbocycles. The average molecular weight is 468 g/mol. The third kappa shape index (κ3) is 5.07. The summed E-state index contributed by atoms with van der Waals surface area (Å²) in [7, 11) is 0. The number of imidazole rings is 1. The lowest BCUT2D eigenvalue weighted by Gasteiger charge is -2.07. The van der Waals surface area contributed by atoms with E-state index in [2.05, 4.69) is 30.2 Å². The number of benzene rings is 1. The average Bonchev–Trinajstić information content (AvgIpc) is 3.30. The van der Waals surface area contributed by atoms with E-state index in [0.29, 0.717) is 36.9 Å². The number of rotatable bonds is 8. The van der Waals surface area contributed by atoms with Crippen molar-refractivity contribution in [2.24, 2.45) is 5.73 Å². The van der Waals surface area contributed by atoms with Gasteiger partial charge in [-0.05, 0) is 44.2 Å². The molecule has 0 bridgehead atoms. The van der Waals surface area contributed by atoms with Crippen LogP contribution in [-0.4, -0.2) is 48.0 Å². The highest BCUT2D eigenvalue weighted by Gasteiger charge is 2.17. The molecule has 35 heavy (non-hydrogen) atoms. The van der Waals surface area contributed by atoms with Gasteiger partial charge in [-0.25, -0.2) is 24.9 Å². The van der Waals surface area contributed by atoms with E-state index in [0.717, 1.165) is 45.5 Å². The van der Waals surface area contributed by atoms with E-state index in [1.54, 1.807) is 12.4 Å². The molecule has 0 aliphatic carbocycles. The summed E-state index contributed by atoms with van der Waals surface area (Å²) < 4.78 is 5.55. The van der Waals surface area contributed by atoms with E-state index in [9.17, 15) is 0 Å². The van der Waals surface area contributed by atoms with Gasteiger partial charge < -0.3 is 20.8 Å². The molecule has 1 aromatic carbocycles. The highest BCUT2D eigenvalue weighted by atomic mass is 16.5. The molecular weight excluding hydrogens is 442 g/mol. The molecule has 10 heteroatoms. The minimum atomic E-state index is 0.381. The lowest BCUT2D eigenvalue weighted by Crippen LogP contribution is -2.11. The maximum Gasteiger partial charge on any atom is 0.232 e. The first-order valence-electron chi connectivity index (χ1n) is 11.3. The molecule has 5 rings (SSSR count). The monoisotopic (exact) mass is 467 g/mol. The van der Waals surface area contributed by atoms with Crippen molar-refractivity contribution in [3.05, 3.63) is 72.2 Å². The predicted molar refractivity (Wildman–Crippen MR) is 134 cm³/mol. The van der Waals surface area contributed by atoms with Gasteiger partial charge in [0.25, 0.3) is 0 Å². The fourth-order valence-electron chi connectivity index (χ4n) is 3.69. The molecule has 176 valence electrons. The van der Waals surface area contributed by atoms with Crippen molar-refractivity contribution in [2.75, 3.05) is 18.5 Å². The summed E-state index contributed by atoms with van der Waals surface area (Å²) in [5, 5.41) is 3.30. The van der Waals surface area contributed by atoms with Crippen molar-refractivity contribution in [1.29, 1.82) is 0 Å². The Hall–Kier alpha value is -4.44. The molecule has 5 aromatic rings. The predicted octanol–water partition coefficient (Wildman–Crippen LogP) is 3.44. The van der Waals surface area contributed by atoms with Crippen LogP contribution in [0.1, 0.15) is 17.3 Å². The number of ether oxygens (including phenoxy) is 1. The second kappa shape index (κ2) is 9.82. The molecule has 0 saturated heterocycles. The molecule has 4 heterocycles. The number of aryl methyl sites for hydroxylation is 2. The highest BCUT2D eigenvalue weighted by Crippen LogP contribution is 2.31. The normalized spacial score (nSPS) is 11.1. The van der Waals surface area contributed by atoms with Gasteiger partial charge >= 0.3 is 0 Å². The number of fused-ring (bicyclic) bond motifs is 1. The van der Waals surface area contributed by atoms with Crippen LogP contribution in [-0.2, 0) is 6.54 Å². The van der Waals surface area contributed by atoms with Crippen LogP contribution in [0.15, 0.2) is 54.9 Å². The van der Waals surface area contributed by atoms with Gasteiger partial charge in [-0.15, -0.1) is 0 Å². The number of nitrogens with zero attached hydrogens (tertiary/aromatic N) is 6. The fraction of sp³-hybridized carbons (Fsp3) is 0.200. The van der Waals surface area contributed by atoms with Crippen molar-refractivity contribution < 1.29 is 4.74 Å². The van der Waals surface area contributed by atoms with Crippen molar-refractivity contribution in [2.45, 2.75) is 20.4 Å². The van der Waals surface area contributed by atoms with Gasteiger partial charge in [0.05, 0.1) is 35.2 Å². The van der Waals surface area contributed by atoms with E-state index in [1.807, 2.05) is 56.3 Å². The topological polar surface area (TPSA) is 140 Å². The van der Waals surface area contributed by atoms with Crippen LogP contribution >= 0.6 is 0 Å². The Labute approximate surface area is 202 Å². The van der Waals surface area contributed by atoms with E-state index in [-0.39, 0.29) is 0 Å². The minimum Gasteiger partial charge on any atom is -0.475 e. The van der Waals surface area contributed by atoms with Gasteiger partial charge in [-0.1, -0.05) is 12.1 Å². The Bertz CT molecular complexity index is 1480. The number of nitrogens with two attached hydrogens (primary N) is 1. The first-order chi connectivity index (χ1) is 17.1. The number of aromatic nitrogens is 7. The van der Waals surface area contributed by atoms with Crippen molar-refractivity contribution in [3.63, 3.8) is 0 Å². The molecule has 0 atom stereocenters. The second-order valence-corrected chi connectivity index (χ2v) is 7.96. The SMILES string of the molecule is Cc1cccc(-c2nc(CNc3ccnc(C)n3)[nH]c2-c2ccc3ncc(OCCN)nc3c2)n1. The molecule has 0 aliphatic rings. The van der Waals surface area contributed by atoms with Gasteiger partial charge in [0.2, 0.25) is 5.88 Å². The third-order valence-electron chi connectivity index (χ3n) is 5.27. The quantitative estimate of drug-likeness (QED) is 0.313. The van der Waals surface area contributed by atoms with Crippen LogP contribution in [0.2, 0.25) is 0 Å². The van der Waals surface area contributed by atoms with Crippen molar-refractivity contribution in [1.82, 2.24) is 34.9 Å². The number of aromatic amines is 1. The number of hydrogen-bond donors (Lipinski definition) is 3. The molecular formula is C25H25N9O. The molecule has 0 unspecified atom stereocenters. The van der Waals surface area contributed by atoms with Gasteiger partial charge in [0.1, 0.15) is 29.8 Å². The van der Waals surface area contributed by atoms with Gasteiger partial charge in [0.15, 0.2) is 0 Å². The van der Waals surface area contributed by atoms with Gasteiger partial charge in [-0.2, -0.15) is 0 Å². The zero-order valence-corrected chi connectivity index (χ0v) is 19.5. The van der Waals surface area contributed by atoms with Gasteiger partial charge in [-0.3, -0.25) is 4.98 Å². The summed E-state index contributed by atoms with van der Waals surface area (Å²) >= 11 is 0. The van der Waals surface area contributed by atoms with E-state index in [1.165, 1.54) is 0 Å². The number of anilines is 1. The molecule has 4 aromatic heterocycles. The second-order valence-electron chi connectivity index (χ2n) is 7.96. The molecule has 0 aliphatic heterocycles. The zero-order valence-electron chi connectivity index (χ0n) is 19.5. The molecule has 10 nitrogen and oxygen atoms in total. The Morgan fingerprint density at radius 1 is 0.971 bits per heavy atom. The number of hydrogen-bond acceptors (Lipinski definition) is 9. The molecule has 0 fully saturated rings. The van der Waals surface area contributed by atoms with Crippen molar-refractivity contribution in [3.8, 4) is 28.5 Å². The third-order valence-corrected chi connectivity index (χ3v) is 5.27. The lowest BCUT2D eigenvalue weighted by atomic mass is 10.1. The van der Waals surface area contributed by atoms with Crippen LogP contribution < -0.4 is 15.8 Å². The maximum atomic E-state index is 5.55. The molecule has 4 N–H and O–H groups in total. The van der Waals surface area contributed by atoms with E-state index < -0.39 is 0 Å². The summed E-state index contributed by atoms with van der Waals surface area (Å²) in [6.45, 7) is 5.06. The summed E-state index contributed by atoms with van der Waals surface area (Å²) in [6.07, 6.45) is 3.33. The first kappa shape index (κ1) is 22.4. The number of pyridine rings is 1. The van der Waals surface area contributed by atoms with Crippen LogP contribution in [0.3, 0.4) is 0 Å². The van der Waals surface area contributed by atoms with Crippen LogP contribution in [0, 0.1) is 13.8 Å². The summed E-state index contributed by atoms with van der Waals surface area (Å²) in [5.74, 6) is 2.62. The van der Waals surface area contributed by atoms with Crippen molar-refractivity contribution >= 4 is 16.9 Å². The van der Waals surface area contributed by atoms with E-state index in [4.69, 9.17) is 20.4 Å². The first-order valence-corrected chi connectivity index (χ1v) is 11.3. The smallest absolute Gasteiger partial charge is 0.232 e. The summed E-state index contributed by atoms with van der Waals surface area (Å²) in [6, 6.07) is 13.6. The Morgan fingerprint density at radius 3 is 2.71 bits per heavy atom. The molecule has 0 amide bonds. The van der Waals surface area contributed by atoms with Crippen LogP contribution in [0.5, 0.6) is 5.88 Å². The highest BCUT2D eigenvalue weighted by molar-refractivity contribution is 5.85. The van der Waals surface area contributed by atoms with Gasteiger partial charge in [0, 0.05) is 24.0 Å². The number of H-pyrrole nitrogens is 1. The Morgan fingerprint density at radius 2 is 1.89 bits per heavy atom. The maximum absolute atomic E-state index is 5.55. The standard InChI is InChI=1S/C25H25N9O/c1-15-4-3-5-19(30-15)25-24(33-22(34-25)13-29-21-8-10-27-16(2)31-21)17-6-7-18-20(12-17)32-23(14-28-18)35-11-9-26/h3-8,10,12,14H,9,11,13,26H2,1-2H3,(H,33,34)(H,27,29,31).